The molecule has 1 N–H and O–H groups in total. The standard InChI is InChI=1S/C15H18ClNO2/c1-17(10-11-3-2-4-11)13-7-5-12(14(16)9-13)6-8-15(18)19/h5-9,11H,2-4,10H2,1H3,(H,18,19)/b8-6+. The van der Waals surface area contributed by atoms with Gasteiger partial charge < -0.3 is 10.0 Å². The molecule has 0 unspecified atom stereocenters. The van der Waals surface area contributed by atoms with Crippen molar-refractivity contribution in [3.8, 4) is 0 Å². The molecule has 4 heteroatoms. The van der Waals surface area contributed by atoms with E-state index in [1.54, 1.807) is 0 Å². The van der Waals surface area contributed by atoms with Crippen LogP contribution in [0.1, 0.15) is 24.8 Å². The lowest BCUT2D eigenvalue weighted by atomic mass is 9.85. The molecule has 3 nitrogen and oxygen atoms in total. The second-order valence-corrected chi connectivity index (χ2v) is 5.46. The fraction of sp³-hybridized carbons (Fsp3) is 0.400. The summed E-state index contributed by atoms with van der Waals surface area (Å²) < 4.78 is 0. The van der Waals surface area contributed by atoms with Gasteiger partial charge >= 0.3 is 5.97 Å². The lowest BCUT2D eigenvalue weighted by molar-refractivity contribution is -0.131. The number of hydrogen-bond acceptors (Lipinski definition) is 2. The molecule has 1 aromatic carbocycles. The average Bonchev–Trinajstić information content (AvgIpc) is 2.31. The highest BCUT2D eigenvalue weighted by molar-refractivity contribution is 6.32. The summed E-state index contributed by atoms with van der Waals surface area (Å²) in [5, 5.41) is 9.18. The number of nitrogens with zero attached hydrogens (tertiary/aromatic N) is 1. The van der Waals surface area contributed by atoms with Gasteiger partial charge in [-0.2, -0.15) is 0 Å². The molecule has 2 rings (SSSR count). The van der Waals surface area contributed by atoms with Crippen molar-refractivity contribution in [2.75, 3.05) is 18.5 Å². The first-order chi connectivity index (χ1) is 9.06. The molecule has 1 aliphatic rings. The predicted octanol–water partition coefficient (Wildman–Crippen LogP) is 3.67. The van der Waals surface area contributed by atoms with Gasteiger partial charge in [0.25, 0.3) is 0 Å². The summed E-state index contributed by atoms with van der Waals surface area (Å²) in [6, 6.07) is 5.72. The van der Waals surface area contributed by atoms with Gasteiger partial charge in [0.1, 0.15) is 0 Å². The van der Waals surface area contributed by atoms with Crippen molar-refractivity contribution in [1.82, 2.24) is 0 Å². The first kappa shape index (κ1) is 13.9. The van der Waals surface area contributed by atoms with Crippen LogP contribution in [0.3, 0.4) is 0 Å². The van der Waals surface area contributed by atoms with Crippen LogP contribution in [0.25, 0.3) is 6.08 Å². The van der Waals surface area contributed by atoms with Crippen LogP contribution in [0.15, 0.2) is 24.3 Å². The third kappa shape index (κ3) is 3.74. The maximum absolute atomic E-state index is 10.5. The molecule has 102 valence electrons. The zero-order valence-electron chi connectivity index (χ0n) is 11.0. The van der Waals surface area contributed by atoms with Crippen LogP contribution in [0, 0.1) is 5.92 Å². The number of hydrogen-bond donors (Lipinski definition) is 1. The summed E-state index contributed by atoms with van der Waals surface area (Å²) in [7, 11) is 2.07. The summed E-state index contributed by atoms with van der Waals surface area (Å²) >= 11 is 6.17. The summed E-state index contributed by atoms with van der Waals surface area (Å²) in [4.78, 5) is 12.7. The van der Waals surface area contributed by atoms with Gasteiger partial charge in [0.2, 0.25) is 0 Å². The second kappa shape index (κ2) is 6.11. The van der Waals surface area contributed by atoms with Crippen molar-refractivity contribution in [3.05, 3.63) is 34.9 Å². The van der Waals surface area contributed by atoms with Crippen molar-refractivity contribution >= 4 is 29.3 Å². The Labute approximate surface area is 118 Å². The highest BCUT2D eigenvalue weighted by atomic mass is 35.5. The minimum Gasteiger partial charge on any atom is -0.478 e. The van der Waals surface area contributed by atoms with Crippen molar-refractivity contribution in [3.63, 3.8) is 0 Å². The van der Waals surface area contributed by atoms with Gasteiger partial charge in [-0.25, -0.2) is 4.79 Å². The zero-order valence-corrected chi connectivity index (χ0v) is 11.7. The lowest BCUT2D eigenvalue weighted by Gasteiger charge is -2.31. The van der Waals surface area contributed by atoms with Gasteiger partial charge in [0.15, 0.2) is 0 Å². The van der Waals surface area contributed by atoms with E-state index in [4.69, 9.17) is 16.7 Å². The maximum atomic E-state index is 10.5. The zero-order chi connectivity index (χ0) is 13.8. The van der Waals surface area contributed by atoms with E-state index in [0.717, 1.165) is 29.8 Å². The number of carboxylic acid groups (broad SMARTS) is 1. The van der Waals surface area contributed by atoms with Gasteiger partial charge in [-0.15, -0.1) is 0 Å². The van der Waals surface area contributed by atoms with Crippen molar-refractivity contribution < 1.29 is 9.90 Å². The predicted molar refractivity (Wildman–Crippen MR) is 78.7 cm³/mol. The molecule has 0 aliphatic heterocycles. The molecule has 0 heterocycles. The van der Waals surface area contributed by atoms with Crippen LogP contribution in [0.4, 0.5) is 5.69 Å². The highest BCUT2D eigenvalue weighted by Gasteiger charge is 2.19. The maximum Gasteiger partial charge on any atom is 0.328 e. The molecule has 0 radical (unpaired) electrons. The van der Waals surface area contributed by atoms with Gasteiger partial charge in [0.05, 0.1) is 0 Å². The second-order valence-electron chi connectivity index (χ2n) is 5.05. The Morgan fingerprint density at radius 2 is 2.26 bits per heavy atom. The van der Waals surface area contributed by atoms with Gasteiger partial charge in [-0.3, -0.25) is 0 Å². The molecule has 1 aliphatic carbocycles. The Bertz CT molecular complexity index is 495. The molecule has 0 aromatic heterocycles. The van der Waals surface area contributed by atoms with Gasteiger partial charge in [0, 0.05) is 30.4 Å². The largest absolute Gasteiger partial charge is 0.478 e. The molecule has 1 fully saturated rings. The van der Waals surface area contributed by atoms with E-state index in [0.29, 0.717) is 5.02 Å². The molecule has 0 amide bonds. The molecular formula is C15H18ClNO2. The summed E-state index contributed by atoms with van der Waals surface area (Å²) in [5.74, 6) is -0.169. The molecule has 0 bridgehead atoms. The van der Waals surface area contributed by atoms with E-state index in [1.807, 2.05) is 18.2 Å². The number of aliphatic carboxylic acids is 1. The van der Waals surface area contributed by atoms with E-state index >= 15 is 0 Å². The van der Waals surface area contributed by atoms with E-state index in [9.17, 15) is 4.79 Å². The molecule has 0 spiro atoms. The van der Waals surface area contributed by atoms with E-state index < -0.39 is 5.97 Å². The normalized spacial score (nSPS) is 15.5. The third-order valence-electron chi connectivity index (χ3n) is 3.59. The van der Waals surface area contributed by atoms with E-state index in [-0.39, 0.29) is 0 Å². The van der Waals surface area contributed by atoms with Crippen LogP contribution >= 0.6 is 11.6 Å². The topological polar surface area (TPSA) is 40.5 Å². The quantitative estimate of drug-likeness (QED) is 0.836. The number of benzene rings is 1. The number of halogens is 1. The molecule has 0 atom stereocenters. The van der Waals surface area contributed by atoms with Crippen LogP contribution < -0.4 is 4.90 Å². The fourth-order valence-corrected chi connectivity index (χ4v) is 2.46. The Morgan fingerprint density at radius 3 is 2.79 bits per heavy atom. The van der Waals surface area contributed by atoms with Crippen molar-refractivity contribution in [2.24, 2.45) is 5.92 Å². The first-order valence-electron chi connectivity index (χ1n) is 6.48. The lowest BCUT2D eigenvalue weighted by Crippen LogP contribution is -2.29. The SMILES string of the molecule is CN(CC1CCC1)c1ccc(/C=C/C(=O)O)c(Cl)c1. The monoisotopic (exact) mass is 279 g/mol. The molecule has 19 heavy (non-hydrogen) atoms. The number of carbonyl (C=O) groups is 1. The van der Waals surface area contributed by atoms with Crippen LogP contribution in [0.5, 0.6) is 0 Å². The van der Waals surface area contributed by atoms with E-state index in [1.165, 1.54) is 25.3 Å². The Hall–Kier alpha value is -1.48. The third-order valence-corrected chi connectivity index (χ3v) is 3.91. The first-order valence-corrected chi connectivity index (χ1v) is 6.86. The van der Waals surface area contributed by atoms with E-state index in [2.05, 4.69) is 11.9 Å². The number of anilines is 1. The molecule has 1 aromatic rings. The smallest absolute Gasteiger partial charge is 0.328 e. The Balaban J connectivity index is 2.06. The number of carboxylic acids is 1. The average molecular weight is 280 g/mol. The molecule has 0 saturated heterocycles. The Kier molecular flexibility index (Phi) is 4.48. The van der Waals surface area contributed by atoms with Crippen molar-refractivity contribution in [1.29, 1.82) is 0 Å². The summed E-state index contributed by atoms with van der Waals surface area (Å²) in [6.07, 6.45) is 6.59. The number of rotatable bonds is 5. The van der Waals surface area contributed by atoms with Crippen molar-refractivity contribution in [2.45, 2.75) is 19.3 Å². The molecule has 1 saturated carbocycles. The van der Waals surface area contributed by atoms with Crippen LogP contribution in [-0.4, -0.2) is 24.7 Å². The van der Waals surface area contributed by atoms with Crippen LogP contribution in [0.2, 0.25) is 5.02 Å². The Morgan fingerprint density at radius 1 is 1.53 bits per heavy atom. The summed E-state index contributed by atoms with van der Waals surface area (Å²) in [5.41, 5.74) is 1.80. The van der Waals surface area contributed by atoms with Gasteiger partial charge in [-0.05, 0) is 42.5 Å². The highest BCUT2D eigenvalue weighted by Crippen LogP contribution is 2.30. The fourth-order valence-electron chi connectivity index (χ4n) is 2.22. The van der Waals surface area contributed by atoms with Gasteiger partial charge in [-0.1, -0.05) is 24.1 Å². The van der Waals surface area contributed by atoms with Crippen LogP contribution in [-0.2, 0) is 4.79 Å². The minimum absolute atomic E-state index is 0.579. The summed E-state index contributed by atoms with van der Waals surface area (Å²) in [6.45, 7) is 1.06. The minimum atomic E-state index is -0.970. The molecular weight excluding hydrogens is 262 g/mol.